The lowest BCUT2D eigenvalue weighted by atomic mass is 10.2. The van der Waals surface area contributed by atoms with Crippen molar-refractivity contribution in [1.82, 2.24) is 5.32 Å². The van der Waals surface area contributed by atoms with Crippen LogP contribution in [0.2, 0.25) is 5.02 Å². The highest BCUT2D eigenvalue weighted by Crippen LogP contribution is 2.21. The van der Waals surface area contributed by atoms with Gasteiger partial charge in [0.05, 0.1) is 0 Å². The molecule has 19 heavy (non-hydrogen) atoms. The normalized spacial score (nSPS) is 14.7. The number of aryl methyl sites for hydroxylation is 1. The average Bonchev–Trinajstić information content (AvgIpc) is 3.19. The minimum Gasteiger partial charge on any atom is -0.387 e. The predicted octanol–water partition coefficient (Wildman–Crippen LogP) is 2.75. The van der Waals surface area contributed by atoms with E-state index < -0.39 is 5.91 Å². The molecular weight excluding hydrogens is 262 g/mol. The van der Waals surface area contributed by atoms with Gasteiger partial charge in [-0.3, -0.25) is 4.79 Å². The van der Waals surface area contributed by atoms with Crippen molar-refractivity contribution in [2.24, 2.45) is 0 Å². The summed E-state index contributed by atoms with van der Waals surface area (Å²) in [5.74, 6) is -0.435. The van der Waals surface area contributed by atoms with Gasteiger partial charge in [-0.25, -0.2) is 0 Å². The molecule has 0 unspecified atom stereocenters. The smallest absolute Gasteiger partial charge is 0.267 e. The van der Waals surface area contributed by atoms with Gasteiger partial charge in [0, 0.05) is 23.0 Å². The van der Waals surface area contributed by atoms with Crippen LogP contribution < -0.4 is 10.6 Å². The maximum absolute atomic E-state index is 11.9. The fourth-order valence-electron chi connectivity index (χ4n) is 1.47. The Bertz CT molecular complexity index is 571. The maximum atomic E-state index is 11.9. The number of carbonyl (C=O) groups is 1. The summed E-state index contributed by atoms with van der Waals surface area (Å²) >= 11 is 5.98. The summed E-state index contributed by atoms with van der Waals surface area (Å²) in [6, 6.07) is 7.52. The summed E-state index contributed by atoms with van der Waals surface area (Å²) in [4.78, 5) is 11.9. The second-order valence-corrected chi connectivity index (χ2v) is 4.94. The first-order valence-corrected chi connectivity index (χ1v) is 6.42. The number of nitrogens with one attached hydrogen (secondary N) is 2. The Morgan fingerprint density at radius 2 is 2.26 bits per heavy atom. The first-order valence-electron chi connectivity index (χ1n) is 6.04. The van der Waals surface area contributed by atoms with E-state index >= 15 is 0 Å². The highest BCUT2D eigenvalue weighted by molar-refractivity contribution is 6.31. The number of nitrogens with zero attached hydrogens (tertiary/aromatic N) is 1. The van der Waals surface area contributed by atoms with Crippen LogP contribution in [0.25, 0.3) is 0 Å². The summed E-state index contributed by atoms with van der Waals surface area (Å²) in [6.45, 7) is 1.88. The monoisotopic (exact) mass is 275 g/mol. The van der Waals surface area contributed by atoms with Gasteiger partial charge in [0.2, 0.25) is 0 Å². The first kappa shape index (κ1) is 13.4. The molecule has 98 valence electrons. The largest absolute Gasteiger partial charge is 0.387 e. The van der Waals surface area contributed by atoms with Gasteiger partial charge in [-0.05, 0) is 37.5 Å². The highest BCUT2D eigenvalue weighted by atomic mass is 35.5. The lowest BCUT2D eigenvalue weighted by Gasteiger charge is -2.06. The van der Waals surface area contributed by atoms with Crippen LogP contribution in [-0.2, 0) is 4.79 Å². The van der Waals surface area contributed by atoms with Gasteiger partial charge in [0.1, 0.15) is 11.6 Å². The Balaban J connectivity index is 2.03. The molecule has 0 atom stereocenters. The van der Waals surface area contributed by atoms with E-state index in [1.54, 1.807) is 12.1 Å². The third kappa shape index (κ3) is 3.73. The molecule has 1 amide bonds. The van der Waals surface area contributed by atoms with Crippen molar-refractivity contribution < 1.29 is 4.79 Å². The SMILES string of the molecule is Cc1ccc(NC(=O)/C(C#N)=C\NC2CC2)cc1Cl. The van der Waals surface area contributed by atoms with E-state index in [-0.39, 0.29) is 5.57 Å². The summed E-state index contributed by atoms with van der Waals surface area (Å²) in [7, 11) is 0. The number of rotatable bonds is 4. The third-order valence-corrected chi connectivity index (χ3v) is 3.24. The zero-order valence-electron chi connectivity index (χ0n) is 10.5. The van der Waals surface area contributed by atoms with E-state index in [1.807, 2.05) is 19.1 Å². The molecule has 0 saturated heterocycles. The second kappa shape index (κ2) is 5.77. The predicted molar refractivity (Wildman–Crippen MR) is 74.7 cm³/mol. The number of benzene rings is 1. The third-order valence-electron chi connectivity index (χ3n) is 2.84. The van der Waals surface area contributed by atoms with Gasteiger partial charge in [0.15, 0.2) is 0 Å². The van der Waals surface area contributed by atoms with Gasteiger partial charge >= 0.3 is 0 Å². The Kier molecular flexibility index (Phi) is 4.08. The second-order valence-electron chi connectivity index (χ2n) is 4.53. The molecule has 1 fully saturated rings. The van der Waals surface area contributed by atoms with Crippen molar-refractivity contribution >= 4 is 23.2 Å². The van der Waals surface area contributed by atoms with E-state index in [1.165, 1.54) is 6.20 Å². The molecule has 5 heteroatoms. The van der Waals surface area contributed by atoms with Crippen LogP contribution in [0.3, 0.4) is 0 Å². The first-order chi connectivity index (χ1) is 9.10. The van der Waals surface area contributed by atoms with Crippen molar-refractivity contribution in [3.05, 3.63) is 40.6 Å². The maximum Gasteiger partial charge on any atom is 0.267 e. The van der Waals surface area contributed by atoms with E-state index in [2.05, 4.69) is 10.6 Å². The van der Waals surface area contributed by atoms with Crippen molar-refractivity contribution in [2.45, 2.75) is 25.8 Å². The molecule has 0 bridgehead atoms. The Labute approximate surface area is 117 Å². The molecular formula is C14H14ClN3O. The average molecular weight is 276 g/mol. The Hall–Kier alpha value is -1.99. The molecule has 1 aliphatic carbocycles. The molecule has 0 spiro atoms. The number of hydrogen-bond donors (Lipinski definition) is 2. The lowest BCUT2D eigenvalue weighted by molar-refractivity contribution is -0.112. The molecule has 0 aliphatic heterocycles. The van der Waals surface area contributed by atoms with Crippen LogP contribution >= 0.6 is 11.6 Å². The molecule has 4 nitrogen and oxygen atoms in total. The molecule has 2 rings (SSSR count). The van der Waals surface area contributed by atoms with Gasteiger partial charge in [-0.2, -0.15) is 5.26 Å². The molecule has 1 saturated carbocycles. The van der Waals surface area contributed by atoms with Gasteiger partial charge in [0.25, 0.3) is 5.91 Å². The van der Waals surface area contributed by atoms with Crippen LogP contribution in [0, 0.1) is 18.3 Å². The fraction of sp³-hybridized carbons (Fsp3) is 0.286. The van der Waals surface area contributed by atoms with Crippen LogP contribution in [-0.4, -0.2) is 11.9 Å². The summed E-state index contributed by atoms with van der Waals surface area (Å²) in [6.07, 6.45) is 3.65. The molecule has 1 aliphatic rings. The van der Waals surface area contributed by atoms with Crippen LogP contribution in [0.5, 0.6) is 0 Å². The zero-order chi connectivity index (χ0) is 13.8. The summed E-state index contributed by atoms with van der Waals surface area (Å²) < 4.78 is 0. The summed E-state index contributed by atoms with van der Waals surface area (Å²) in [5, 5.41) is 15.2. The molecule has 1 aromatic rings. The lowest BCUT2D eigenvalue weighted by Crippen LogP contribution is -2.17. The number of carbonyl (C=O) groups excluding carboxylic acids is 1. The standard InChI is InChI=1S/C14H14ClN3O/c1-9-2-3-12(6-13(9)15)18-14(19)10(7-16)8-17-11-4-5-11/h2-3,6,8,11,17H,4-5H2,1H3,(H,18,19)/b10-8-. The number of anilines is 1. The van der Waals surface area contributed by atoms with Gasteiger partial charge < -0.3 is 10.6 Å². The van der Waals surface area contributed by atoms with E-state index in [0.717, 1.165) is 18.4 Å². The minimum absolute atomic E-state index is 0.0589. The molecule has 1 aromatic carbocycles. The highest BCUT2D eigenvalue weighted by Gasteiger charge is 2.20. The van der Waals surface area contributed by atoms with E-state index in [4.69, 9.17) is 16.9 Å². The summed E-state index contributed by atoms with van der Waals surface area (Å²) in [5.41, 5.74) is 1.57. The van der Waals surface area contributed by atoms with Crippen molar-refractivity contribution in [3.8, 4) is 6.07 Å². The Morgan fingerprint density at radius 1 is 1.53 bits per heavy atom. The minimum atomic E-state index is -0.435. The van der Waals surface area contributed by atoms with Gasteiger partial charge in [-0.15, -0.1) is 0 Å². The molecule has 2 N–H and O–H groups in total. The number of halogens is 1. The molecule has 0 radical (unpaired) electrons. The number of amides is 1. The Morgan fingerprint density at radius 3 is 2.84 bits per heavy atom. The zero-order valence-corrected chi connectivity index (χ0v) is 11.3. The van der Waals surface area contributed by atoms with Crippen LogP contribution in [0.15, 0.2) is 30.0 Å². The van der Waals surface area contributed by atoms with Gasteiger partial charge in [-0.1, -0.05) is 17.7 Å². The topological polar surface area (TPSA) is 64.9 Å². The van der Waals surface area contributed by atoms with Crippen LogP contribution in [0.4, 0.5) is 5.69 Å². The molecule has 0 heterocycles. The number of nitriles is 1. The van der Waals surface area contributed by atoms with Crippen molar-refractivity contribution in [2.75, 3.05) is 5.32 Å². The van der Waals surface area contributed by atoms with E-state index in [9.17, 15) is 4.79 Å². The van der Waals surface area contributed by atoms with E-state index in [0.29, 0.717) is 16.8 Å². The van der Waals surface area contributed by atoms with Crippen LogP contribution in [0.1, 0.15) is 18.4 Å². The van der Waals surface area contributed by atoms with Crippen molar-refractivity contribution in [3.63, 3.8) is 0 Å². The van der Waals surface area contributed by atoms with Crippen molar-refractivity contribution in [1.29, 1.82) is 5.26 Å². The quantitative estimate of drug-likeness (QED) is 0.656. The number of hydrogen-bond acceptors (Lipinski definition) is 3. The fourth-order valence-corrected chi connectivity index (χ4v) is 1.65. The molecule has 0 aromatic heterocycles.